The summed E-state index contributed by atoms with van der Waals surface area (Å²) in [5.41, 5.74) is 1.30. The molecule has 0 radical (unpaired) electrons. The molecule has 92 valence electrons. The van der Waals surface area contributed by atoms with E-state index in [2.05, 4.69) is 6.58 Å². The van der Waals surface area contributed by atoms with Gasteiger partial charge in [0.25, 0.3) is 0 Å². The zero-order valence-electron chi connectivity index (χ0n) is 10.4. The standard InChI is InChI=1S/C15H14O3/c1-8(2)9(3)12-13(16)10-6-4-5-7-11(10)14(17)15(12)18/h4-7,9,12H,1H2,2-3H3. The minimum absolute atomic E-state index is 0.220. The molecular formula is C15H14O3. The molecule has 0 aromatic heterocycles. The van der Waals surface area contributed by atoms with Crippen LogP contribution >= 0.6 is 0 Å². The molecule has 0 saturated carbocycles. The van der Waals surface area contributed by atoms with Crippen LogP contribution in [0.15, 0.2) is 36.4 Å². The lowest BCUT2D eigenvalue weighted by Gasteiger charge is -2.26. The first-order valence-corrected chi connectivity index (χ1v) is 5.82. The summed E-state index contributed by atoms with van der Waals surface area (Å²) in [6.45, 7) is 7.28. The van der Waals surface area contributed by atoms with Gasteiger partial charge in [0, 0.05) is 11.1 Å². The summed E-state index contributed by atoms with van der Waals surface area (Å²) in [6, 6.07) is 6.47. The Kier molecular flexibility index (Phi) is 2.99. The first kappa shape index (κ1) is 12.4. The number of ketones is 3. The number of hydrogen-bond donors (Lipinski definition) is 0. The highest BCUT2D eigenvalue weighted by Gasteiger charge is 2.42. The number of fused-ring (bicyclic) bond motifs is 1. The fourth-order valence-corrected chi connectivity index (χ4v) is 2.20. The highest BCUT2D eigenvalue weighted by atomic mass is 16.2. The maximum absolute atomic E-state index is 12.3. The van der Waals surface area contributed by atoms with Gasteiger partial charge in [0.1, 0.15) is 0 Å². The van der Waals surface area contributed by atoms with E-state index >= 15 is 0 Å². The number of Topliss-reactive ketones (excluding diaryl/α,β-unsaturated/α-hetero) is 3. The maximum atomic E-state index is 12.3. The lowest BCUT2D eigenvalue weighted by molar-refractivity contribution is -0.118. The molecule has 1 aromatic rings. The van der Waals surface area contributed by atoms with Gasteiger partial charge in [-0.25, -0.2) is 0 Å². The predicted molar refractivity (Wildman–Crippen MR) is 67.6 cm³/mol. The molecule has 0 heterocycles. The van der Waals surface area contributed by atoms with E-state index in [1.807, 2.05) is 0 Å². The van der Waals surface area contributed by atoms with Crippen molar-refractivity contribution in [2.75, 3.05) is 0 Å². The molecule has 3 heteroatoms. The molecule has 0 bridgehead atoms. The van der Waals surface area contributed by atoms with Crippen LogP contribution < -0.4 is 0 Å². The predicted octanol–water partition coefficient (Wildman–Crippen LogP) is 2.46. The number of allylic oxidation sites excluding steroid dienone is 1. The Morgan fingerprint density at radius 1 is 1.11 bits per heavy atom. The third kappa shape index (κ3) is 1.72. The van der Waals surface area contributed by atoms with E-state index in [1.54, 1.807) is 32.0 Å². The largest absolute Gasteiger partial charge is 0.293 e. The van der Waals surface area contributed by atoms with Gasteiger partial charge in [0.15, 0.2) is 5.78 Å². The van der Waals surface area contributed by atoms with Gasteiger partial charge >= 0.3 is 0 Å². The van der Waals surface area contributed by atoms with Crippen molar-refractivity contribution >= 4 is 17.3 Å². The second-order valence-electron chi connectivity index (χ2n) is 4.72. The SMILES string of the molecule is C=C(C)C(C)C1C(=O)C(=O)c2ccccc2C1=O. The molecular weight excluding hydrogens is 228 g/mol. The van der Waals surface area contributed by atoms with Crippen LogP contribution in [0, 0.1) is 11.8 Å². The van der Waals surface area contributed by atoms with Crippen LogP contribution in [-0.4, -0.2) is 17.3 Å². The summed E-state index contributed by atoms with van der Waals surface area (Å²) in [5, 5.41) is 0. The molecule has 0 spiro atoms. The van der Waals surface area contributed by atoms with E-state index in [0.717, 1.165) is 5.57 Å². The van der Waals surface area contributed by atoms with Crippen molar-refractivity contribution in [2.45, 2.75) is 13.8 Å². The fraction of sp³-hybridized carbons (Fsp3) is 0.267. The molecule has 0 amide bonds. The monoisotopic (exact) mass is 242 g/mol. The zero-order valence-corrected chi connectivity index (χ0v) is 10.4. The van der Waals surface area contributed by atoms with Crippen molar-refractivity contribution in [3.63, 3.8) is 0 Å². The average Bonchev–Trinajstić information content (AvgIpc) is 2.36. The summed E-state index contributed by atoms with van der Waals surface area (Å²) >= 11 is 0. The van der Waals surface area contributed by atoms with Crippen molar-refractivity contribution in [1.29, 1.82) is 0 Å². The van der Waals surface area contributed by atoms with E-state index in [4.69, 9.17) is 0 Å². The molecule has 2 atom stereocenters. The molecule has 0 N–H and O–H groups in total. The van der Waals surface area contributed by atoms with Gasteiger partial charge in [-0.1, -0.05) is 43.3 Å². The van der Waals surface area contributed by atoms with Gasteiger partial charge in [-0.05, 0) is 12.8 Å². The van der Waals surface area contributed by atoms with E-state index in [-0.39, 0.29) is 17.3 Å². The van der Waals surface area contributed by atoms with E-state index in [9.17, 15) is 14.4 Å². The van der Waals surface area contributed by atoms with Crippen molar-refractivity contribution in [2.24, 2.45) is 11.8 Å². The average molecular weight is 242 g/mol. The second kappa shape index (κ2) is 4.33. The van der Waals surface area contributed by atoms with E-state index < -0.39 is 17.5 Å². The van der Waals surface area contributed by atoms with Crippen LogP contribution in [0.1, 0.15) is 34.6 Å². The van der Waals surface area contributed by atoms with Crippen molar-refractivity contribution in [3.05, 3.63) is 47.5 Å². The van der Waals surface area contributed by atoms with Gasteiger partial charge in [0.2, 0.25) is 11.6 Å². The van der Waals surface area contributed by atoms with Gasteiger partial charge in [0.05, 0.1) is 5.92 Å². The number of carbonyl (C=O) groups is 3. The summed E-state index contributed by atoms with van der Waals surface area (Å²) in [6.07, 6.45) is 0. The minimum Gasteiger partial charge on any atom is -0.293 e. The topological polar surface area (TPSA) is 51.2 Å². The molecule has 0 fully saturated rings. The Bertz CT molecular complexity index is 569. The van der Waals surface area contributed by atoms with Crippen LogP contribution in [0.3, 0.4) is 0 Å². The highest BCUT2D eigenvalue weighted by molar-refractivity contribution is 6.51. The lowest BCUT2D eigenvalue weighted by atomic mass is 9.73. The van der Waals surface area contributed by atoms with Crippen LogP contribution in [0.25, 0.3) is 0 Å². The first-order chi connectivity index (χ1) is 8.45. The third-order valence-corrected chi connectivity index (χ3v) is 3.50. The van der Waals surface area contributed by atoms with E-state index in [1.165, 1.54) is 6.07 Å². The number of carbonyl (C=O) groups excluding carboxylic acids is 3. The van der Waals surface area contributed by atoms with Gasteiger partial charge in [-0.2, -0.15) is 0 Å². The Morgan fingerprint density at radius 2 is 1.67 bits per heavy atom. The van der Waals surface area contributed by atoms with Gasteiger partial charge in [-0.15, -0.1) is 0 Å². The molecule has 18 heavy (non-hydrogen) atoms. The molecule has 0 saturated heterocycles. The molecule has 2 rings (SSSR count). The smallest absolute Gasteiger partial charge is 0.230 e. The number of rotatable bonds is 2. The summed E-state index contributed by atoms with van der Waals surface area (Å²) in [7, 11) is 0. The van der Waals surface area contributed by atoms with Crippen LogP contribution in [0.4, 0.5) is 0 Å². The quantitative estimate of drug-likeness (QED) is 0.455. The summed E-state index contributed by atoms with van der Waals surface area (Å²) in [5.74, 6) is -2.68. The molecule has 3 nitrogen and oxygen atoms in total. The Morgan fingerprint density at radius 3 is 2.22 bits per heavy atom. The number of benzene rings is 1. The van der Waals surface area contributed by atoms with E-state index in [0.29, 0.717) is 5.56 Å². The highest BCUT2D eigenvalue weighted by Crippen LogP contribution is 2.30. The van der Waals surface area contributed by atoms with Crippen LogP contribution in [0.2, 0.25) is 0 Å². The molecule has 0 aliphatic heterocycles. The van der Waals surface area contributed by atoms with Crippen LogP contribution in [0.5, 0.6) is 0 Å². The summed E-state index contributed by atoms with van der Waals surface area (Å²) in [4.78, 5) is 36.3. The van der Waals surface area contributed by atoms with Crippen molar-refractivity contribution in [1.82, 2.24) is 0 Å². The fourth-order valence-electron chi connectivity index (χ4n) is 2.20. The molecule has 2 unspecified atom stereocenters. The van der Waals surface area contributed by atoms with Gasteiger partial charge < -0.3 is 0 Å². The third-order valence-electron chi connectivity index (χ3n) is 3.50. The van der Waals surface area contributed by atoms with Gasteiger partial charge in [-0.3, -0.25) is 14.4 Å². The molecule has 1 aliphatic carbocycles. The van der Waals surface area contributed by atoms with Crippen molar-refractivity contribution in [3.8, 4) is 0 Å². The first-order valence-electron chi connectivity index (χ1n) is 5.82. The zero-order chi connectivity index (χ0) is 13.4. The molecule has 1 aliphatic rings. The van der Waals surface area contributed by atoms with Crippen molar-refractivity contribution < 1.29 is 14.4 Å². The normalized spacial score (nSPS) is 20.6. The molecule has 1 aromatic carbocycles. The summed E-state index contributed by atoms with van der Waals surface area (Å²) < 4.78 is 0. The van der Waals surface area contributed by atoms with Crippen LogP contribution in [-0.2, 0) is 4.79 Å². The lowest BCUT2D eigenvalue weighted by Crippen LogP contribution is -2.40. The Labute approximate surface area is 106 Å². The minimum atomic E-state index is -0.912. The number of hydrogen-bond acceptors (Lipinski definition) is 3. The second-order valence-corrected chi connectivity index (χ2v) is 4.72. The Balaban J connectivity index is 2.56. The Hall–Kier alpha value is -2.03. The maximum Gasteiger partial charge on any atom is 0.230 e.